The number of nitrogens with one attached hydrogen (secondary N) is 2. The van der Waals surface area contributed by atoms with E-state index in [0.29, 0.717) is 36.0 Å². The molecule has 0 aliphatic carbocycles. The topological polar surface area (TPSA) is 88.1 Å². The van der Waals surface area contributed by atoms with Gasteiger partial charge in [0.1, 0.15) is 11.5 Å². The molecule has 1 aromatic carbocycles. The average molecular weight is 491 g/mol. The molecule has 2 saturated heterocycles. The number of imidazole rings is 1. The second kappa shape index (κ2) is 9.54. The van der Waals surface area contributed by atoms with Gasteiger partial charge in [0, 0.05) is 74.7 Å². The molecular weight excluding hydrogens is 459 g/mol. The van der Waals surface area contributed by atoms with Crippen molar-refractivity contribution >= 4 is 28.1 Å². The number of likely N-dealkylation sites (tertiary alicyclic amines) is 1. The molecule has 2 aliphatic rings. The fourth-order valence-electron chi connectivity index (χ4n) is 5.69. The smallest absolute Gasteiger partial charge is 0.317 e. The molecule has 188 valence electrons. The first-order chi connectivity index (χ1) is 17.6. The highest BCUT2D eigenvalue weighted by molar-refractivity contribution is 5.96. The van der Waals surface area contributed by atoms with E-state index in [1.807, 2.05) is 23.4 Å². The number of ether oxygens (including phenoxy) is 1. The fourth-order valence-corrected chi connectivity index (χ4v) is 5.69. The predicted molar refractivity (Wildman–Crippen MR) is 136 cm³/mol. The number of hydrogen-bond acceptors (Lipinski definition) is 4. The van der Waals surface area contributed by atoms with Gasteiger partial charge in [-0.05, 0) is 55.4 Å². The Kier molecular flexibility index (Phi) is 6.08. The minimum Gasteiger partial charge on any atom is -0.381 e. The molecule has 36 heavy (non-hydrogen) atoms. The summed E-state index contributed by atoms with van der Waals surface area (Å²) < 4.78 is 23.0. The lowest BCUT2D eigenvalue weighted by molar-refractivity contribution is 0.0616. The number of pyridine rings is 1. The number of piperidine rings is 1. The third-order valence-corrected chi connectivity index (χ3v) is 7.78. The van der Waals surface area contributed by atoms with E-state index in [0.717, 1.165) is 73.2 Å². The Morgan fingerprint density at radius 3 is 2.72 bits per heavy atom. The number of carbonyl (C=O) groups excluding carboxylic acids is 1. The molecule has 0 saturated carbocycles. The fraction of sp³-hybridized carbons (Fsp3) is 0.444. The number of fused-ring (bicyclic) bond motifs is 2. The van der Waals surface area contributed by atoms with E-state index in [9.17, 15) is 4.79 Å². The molecule has 0 unspecified atom stereocenters. The molecule has 0 bridgehead atoms. The van der Waals surface area contributed by atoms with Crippen LogP contribution in [0.15, 0.2) is 36.8 Å². The Bertz CT molecular complexity index is 1400. The molecule has 8 nitrogen and oxygen atoms in total. The van der Waals surface area contributed by atoms with Gasteiger partial charge in [0.15, 0.2) is 0 Å². The maximum absolute atomic E-state index is 15.4. The molecule has 4 aromatic rings. The molecular formula is C27H31FN6O2. The summed E-state index contributed by atoms with van der Waals surface area (Å²) in [7, 11) is 1.66. The van der Waals surface area contributed by atoms with Gasteiger partial charge in [-0.15, -0.1) is 0 Å². The van der Waals surface area contributed by atoms with Crippen molar-refractivity contribution in [1.29, 1.82) is 0 Å². The van der Waals surface area contributed by atoms with Gasteiger partial charge in [-0.2, -0.15) is 0 Å². The number of nitrogens with zero attached hydrogens (tertiary/aromatic N) is 4. The first-order valence-electron chi connectivity index (χ1n) is 12.8. The number of benzene rings is 1. The standard InChI is InChI=1S/C27H31FN6O2/c1-29-27(35)33-8-3-18(4-9-33)23-12-21-19(2-7-30-26(21)32-23)20-13-25-24(14-22(20)28)31-16-34(25)15-17-5-10-36-11-6-17/h2,7,12-14,16-18H,3-6,8-11,15H2,1H3,(H,29,35)(H,30,32). The Morgan fingerprint density at radius 2 is 1.94 bits per heavy atom. The van der Waals surface area contributed by atoms with Gasteiger partial charge in [-0.1, -0.05) is 0 Å². The maximum Gasteiger partial charge on any atom is 0.317 e. The van der Waals surface area contributed by atoms with Gasteiger partial charge >= 0.3 is 6.03 Å². The molecule has 0 atom stereocenters. The number of H-pyrrole nitrogens is 1. The summed E-state index contributed by atoms with van der Waals surface area (Å²) >= 11 is 0. The van der Waals surface area contributed by atoms with Gasteiger partial charge < -0.3 is 24.5 Å². The molecule has 2 fully saturated rings. The van der Waals surface area contributed by atoms with Crippen molar-refractivity contribution in [3.05, 3.63) is 48.3 Å². The summed E-state index contributed by atoms with van der Waals surface area (Å²) in [5, 5.41) is 3.61. The summed E-state index contributed by atoms with van der Waals surface area (Å²) in [6.07, 6.45) is 7.38. The molecule has 2 amide bonds. The molecule has 6 rings (SSSR count). The van der Waals surface area contributed by atoms with Crippen molar-refractivity contribution in [1.82, 2.24) is 29.7 Å². The van der Waals surface area contributed by atoms with Gasteiger partial charge in [0.2, 0.25) is 0 Å². The summed E-state index contributed by atoms with van der Waals surface area (Å²) in [6.45, 7) is 3.88. The van der Waals surface area contributed by atoms with Crippen molar-refractivity contribution in [2.45, 2.75) is 38.1 Å². The second-order valence-corrected chi connectivity index (χ2v) is 9.94. The number of halogens is 1. The van der Waals surface area contributed by atoms with Gasteiger partial charge in [-0.3, -0.25) is 0 Å². The number of hydrogen-bond donors (Lipinski definition) is 2. The van der Waals surface area contributed by atoms with Crippen molar-refractivity contribution in [2.75, 3.05) is 33.4 Å². The molecule has 2 aliphatic heterocycles. The lowest BCUT2D eigenvalue weighted by Crippen LogP contribution is -2.42. The summed E-state index contributed by atoms with van der Waals surface area (Å²) in [5.74, 6) is 0.563. The third-order valence-electron chi connectivity index (χ3n) is 7.78. The Morgan fingerprint density at radius 1 is 1.14 bits per heavy atom. The first-order valence-corrected chi connectivity index (χ1v) is 12.8. The predicted octanol–water partition coefficient (Wildman–Crippen LogP) is 4.66. The maximum atomic E-state index is 15.4. The van der Waals surface area contributed by atoms with Crippen LogP contribution in [-0.2, 0) is 11.3 Å². The average Bonchev–Trinajstić information content (AvgIpc) is 3.52. The lowest BCUT2D eigenvalue weighted by Gasteiger charge is -2.31. The monoisotopic (exact) mass is 490 g/mol. The van der Waals surface area contributed by atoms with Gasteiger partial charge in [-0.25, -0.2) is 19.2 Å². The number of amides is 2. The summed E-state index contributed by atoms with van der Waals surface area (Å²) in [6, 6.07) is 7.44. The van der Waals surface area contributed by atoms with E-state index in [1.165, 1.54) is 0 Å². The molecule has 5 heterocycles. The first kappa shape index (κ1) is 23.0. The highest BCUT2D eigenvalue weighted by Crippen LogP contribution is 2.36. The number of aromatic nitrogens is 4. The highest BCUT2D eigenvalue weighted by Gasteiger charge is 2.25. The van der Waals surface area contributed by atoms with Crippen LogP contribution in [0, 0.1) is 11.7 Å². The van der Waals surface area contributed by atoms with E-state index in [2.05, 4.69) is 30.9 Å². The highest BCUT2D eigenvalue weighted by atomic mass is 19.1. The SMILES string of the molecule is CNC(=O)N1CCC(c2cc3c(-c4cc5c(cc4F)ncn5CC4CCOCC4)ccnc3[nH]2)CC1. The summed E-state index contributed by atoms with van der Waals surface area (Å²) in [5.41, 5.74) is 4.84. The zero-order valence-corrected chi connectivity index (χ0v) is 20.5. The van der Waals surface area contributed by atoms with E-state index in [4.69, 9.17) is 4.74 Å². The minimum atomic E-state index is -0.284. The normalized spacial score (nSPS) is 17.8. The number of rotatable bonds is 4. The van der Waals surface area contributed by atoms with Crippen LogP contribution in [0.5, 0.6) is 0 Å². The van der Waals surface area contributed by atoms with Crippen molar-refractivity contribution < 1.29 is 13.9 Å². The Balaban J connectivity index is 1.32. The molecule has 0 radical (unpaired) electrons. The van der Waals surface area contributed by atoms with Gasteiger partial charge in [0.25, 0.3) is 0 Å². The summed E-state index contributed by atoms with van der Waals surface area (Å²) in [4.78, 5) is 26.3. The largest absolute Gasteiger partial charge is 0.381 e. The van der Waals surface area contributed by atoms with E-state index >= 15 is 4.39 Å². The van der Waals surface area contributed by atoms with E-state index in [1.54, 1.807) is 19.3 Å². The molecule has 9 heteroatoms. The van der Waals surface area contributed by atoms with Crippen LogP contribution in [0.4, 0.5) is 9.18 Å². The van der Waals surface area contributed by atoms with E-state index in [-0.39, 0.29) is 11.8 Å². The van der Waals surface area contributed by atoms with Gasteiger partial charge in [0.05, 0.1) is 17.4 Å². The van der Waals surface area contributed by atoms with Crippen LogP contribution in [0.25, 0.3) is 33.2 Å². The zero-order chi connectivity index (χ0) is 24.6. The van der Waals surface area contributed by atoms with Crippen molar-refractivity contribution in [3.8, 4) is 11.1 Å². The van der Waals surface area contributed by atoms with Crippen LogP contribution in [0.2, 0.25) is 0 Å². The van der Waals surface area contributed by atoms with Crippen LogP contribution in [0.3, 0.4) is 0 Å². The quantitative estimate of drug-likeness (QED) is 0.435. The Hall–Kier alpha value is -3.46. The lowest BCUT2D eigenvalue weighted by atomic mass is 9.93. The Labute approximate surface area is 208 Å². The van der Waals surface area contributed by atoms with Crippen LogP contribution < -0.4 is 5.32 Å². The van der Waals surface area contributed by atoms with Crippen molar-refractivity contribution in [2.24, 2.45) is 5.92 Å². The number of aromatic amines is 1. The van der Waals surface area contributed by atoms with E-state index < -0.39 is 0 Å². The molecule has 2 N–H and O–H groups in total. The third kappa shape index (κ3) is 4.21. The zero-order valence-electron chi connectivity index (χ0n) is 20.5. The van der Waals surface area contributed by atoms with Crippen LogP contribution in [0.1, 0.15) is 37.3 Å². The number of urea groups is 1. The second-order valence-electron chi connectivity index (χ2n) is 9.94. The molecule has 0 spiro atoms. The van der Waals surface area contributed by atoms with Crippen molar-refractivity contribution in [3.63, 3.8) is 0 Å². The van der Waals surface area contributed by atoms with Crippen LogP contribution in [-0.4, -0.2) is 63.8 Å². The number of carbonyl (C=O) groups is 1. The minimum absolute atomic E-state index is 0.0315. The van der Waals surface area contributed by atoms with Crippen LogP contribution >= 0.6 is 0 Å². The molecule has 3 aromatic heterocycles.